The number of ether oxygens (including phenoxy) is 1. The van der Waals surface area contributed by atoms with Crippen molar-refractivity contribution < 1.29 is 14.6 Å². The lowest BCUT2D eigenvalue weighted by Gasteiger charge is -2.01. The predicted molar refractivity (Wildman–Crippen MR) is 92.7 cm³/mol. The van der Waals surface area contributed by atoms with Gasteiger partial charge in [0.25, 0.3) is 0 Å². The Hall–Kier alpha value is -1.35. The molecule has 0 bridgehead atoms. The molecule has 0 heterocycles. The highest BCUT2D eigenvalue weighted by Gasteiger charge is 1.98. The van der Waals surface area contributed by atoms with Crippen LogP contribution in [0.2, 0.25) is 0 Å². The number of allylic oxidation sites excluding steroid dienone is 4. The monoisotopic (exact) mass is 308 g/mol. The van der Waals surface area contributed by atoms with E-state index in [4.69, 9.17) is 0 Å². The van der Waals surface area contributed by atoms with Crippen molar-refractivity contribution in [1.29, 1.82) is 0 Å². The normalized spacial score (nSPS) is 13.4. The van der Waals surface area contributed by atoms with Gasteiger partial charge in [0.15, 0.2) is 0 Å². The molecule has 0 aliphatic rings. The van der Waals surface area contributed by atoms with Gasteiger partial charge in [-0.3, -0.25) is 4.79 Å². The Morgan fingerprint density at radius 3 is 2.50 bits per heavy atom. The standard InChI is InChI=1S/C19H32O3/c1-3-4-5-12-15-18(20)16-13-10-8-6-7-9-11-14-17-19(21)22-2/h4-5,10,12-13,15,18,20H,3,6-9,11,14,16-17H2,1-2H3. The summed E-state index contributed by atoms with van der Waals surface area (Å²) in [5, 5.41) is 9.70. The molecular weight excluding hydrogens is 276 g/mol. The summed E-state index contributed by atoms with van der Waals surface area (Å²) in [4.78, 5) is 10.9. The highest BCUT2D eigenvalue weighted by molar-refractivity contribution is 5.68. The zero-order chi connectivity index (χ0) is 16.5. The molecule has 0 spiro atoms. The number of carbonyl (C=O) groups is 1. The van der Waals surface area contributed by atoms with Crippen molar-refractivity contribution in [3.05, 3.63) is 36.5 Å². The number of unbranched alkanes of at least 4 members (excludes halogenated alkanes) is 5. The Kier molecular flexibility index (Phi) is 15.0. The molecule has 0 aromatic rings. The molecule has 126 valence electrons. The number of rotatable bonds is 13. The summed E-state index contributed by atoms with van der Waals surface area (Å²) in [6, 6.07) is 0. The van der Waals surface area contributed by atoms with Crippen molar-refractivity contribution in [3.63, 3.8) is 0 Å². The van der Waals surface area contributed by atoms with Gasteiger partial charge in [0.1, 0.15) is 0 Å². The van der Waals surface area contributed by atoms with E-state index >= 15 is 0 Å². The molecule has 0 saturated heterocycles. The summed E-state index contributed by atoms with van der Waals surface area (Å²) >= 11 is 0. The van der Waals surface area contributed by atoms with Crippen LogP contribution in [0.25, 0.3) is 0 Å². The van der Waals surface area contributed by atoms with Crippen molar-refractivity contribution in [3.8, 4) is 0 Å². The second-order valence-corrected chi connectivity index (χ2v) is 5.38. The van der Waals surface area contributed by atoms with Gasteiger partial charge in [0, 0.05) is 6.42 Å². The van der Waals surface area contributed by atoms with Gasteiger partial charge in [0.05, 0.1) is 13.2 Å². The minimum atomic E-state index is -0.393. The lowest BCUT2D eigenvalue weighted by atomic mass is 10.1. The Balaban J connectivity index is 3.42. The van der Waals surface area contributed by atoms with Crippen LogP contribution in [0.15, 0.2) is 36.5 Å². The highest BCUT2D eigenvalue weighted by Crippen LogP contribution is 2.08. The van der Waals surface area contributed by atoms with E-state index in [-0.39, 0.29) is 5.97 Å². The van der Waals surface area contributed by atoms with Gasteiger partial charge >= 0.3 is 5.97 Å². The number of hydrogen-bond acceptors (Lipinski definition) is 3. The maximum Gasteiger partial charge on any atom is 0.305 e. The third-order valence-electron chi connectivity index (χ3n) is 3.34. The Bertz CT molecular complexity index is 343. The Morgan fingerprint density at radius 1 is 1.05 bits per heavy atom. The van der Waals surface area contributed by atoms with Crippen LogP contribution in [0.5, 0.6) is 0 Å². The number of methoxy groups -OCH3 is 1. The molecule has 0 aromatic carbocycles. The molecule has 1 unspecified atom stereocenters. The van der Waals surface area contributed by atoms with Gasteiger partial charge in [-0.15, -0.1) is 0 Å². The van der Waals surface area contributed by atoms with Crippen molar-refractivity contribution in [2.45, 2.75) is 70.8 Å². The molecule has 0 aliphatic carbocycles. The van der Waals surface area contributed by atoms with E-state index in [0.717, 1.165) is 25.7 Å². The first-order valence-electron chi connectivity index (χ1n) is 8.44. The molecule has 1 N–H and O–H groups in total. The van der Waals surface area contributed by atoms with Crippen molar-refractivity contribution in [2.75, 3.05) is 7.11 Å². The van der Waals surface area contributed by atoms with Crippen molar-refractivity contribution in [1.82, 2.24) is 0 Å². The highest BCUT2D eigenvalue weighted by atomic mass is 16.5. The van der Waals surface area contributed by atoms with E-state index < -0.39 is 6.10 Å². The number of aliphatic hydroxyl groups is 1. The van der Waals surface area contributed by atoms with Crippen LogP contribution < -0.4 is 0 Å². The van der Waals surface area contributed by atoms with Gasteiger partial charge < -0.3 is 9.84 Å². The molecule has 3 heteroatoms. The van der Waals surface area contributed by atoms with E-state index in [2.05, 4.69) is 29.9 Å². The first kappa shape index (κ1) is 20.6. The summed E-state index contributed by atoms with van der Waals surface area (Å²) in [5.41, 5.74) is 0. The summed E-state index contributed by atoms with van der Waals surface area (Å²) in [7, 11) is 1.43. The average Bonchev–Trinajstić information content (AvgIpc) is 2.53. The third-order valence-corrected chi connectivity index (χ3v) is 3.34. The fourth-order valence-electron chi connectivity index (χ4n) is 2.00. The summed E-state index contributed by atoms with van der Waals surface area (Å²) in [6.07, 6.45) is 20.4. The first-order valence-corrected chi connectivity index (χ1v) is 8.44. The molecule has 0 rings (SSSR count). The van der Waals surface area contributed by atoms with E-state index in [1.807, 2.05) is 18.2 Å². The molecule has 0 saturated carbocycles. The molecule has 0 aliphatic heterocycles. The maximum atomic E-state index is 10.9. The van der Waals surface area contributed by atoms with Crippen molar-refractivity contribution >= 4 is 5.97 Å². The lowest BCUT2D eigenvalue weighted by Crippen LogP contribution is -1.99. The molecule has 1 atom stereocenters. The van der Waals surface area contributed by atoms with E-state index in [1.54, 1.807) is 0 Å². The van der Waals surface area contributed by atoms with Gasteiger partial charge in [-0.05, 0) is 32.1 Å². The summed E-state index contributed by atoms with van der Waals surface area (Å²) < 4.78 is 4.60. The van der Waals surface area contributed by atoms with Gasteiger partial charge in [0.2, 0.25) is 0 Å². The summed E-state index contributed by atoms with van der Waals surface area (Å²) in [6.45, 7) is 2.09. The molecule has 0 radical (unpaired) electrons. The zero-order valence-corrected chi connectivity index (χ0v) is 14.2. The molecule has 0 fully saturated rings. The van der Waals surface area contributed by atoms with Crippen LogP contribution >= 0.6 is 0 Å². The number of esters is 1. The fourth-order valence-corrected chi connectivity index (χ4v) is 2.00. The summed E-state index contributed by atoms with van der Waals surface area (Å²) in [5.74, 6) is -0.110. The van der Waals surface area contributed by atoms with Gasteiger partial charge in [-0.25, -0.2) is 0 Å². The Labute approximate surface area is 135 Å². The van der Waals surface area contributed by atoms with E-state index in [0.29, 0.717) is 12.8 Å². The smallest absolute Gasteiger partial charge is 0.305 e. The quantitative estimate of drug-likeness (QED) is 0.232. The first-order chi connectivity index (χ1) is 10.7. The minimum absolute atomic E-state index is 0.110. The molecule has 22 heavy (non-hydrogen) atoms. The predicted octanol–water partition coefficient (Wildman–Crippen LogP) is 4.72. The SMILES string of the molecule is CCC=CC=CC(O)CC=CCCCCCCCC(=O)OC. The number of carbonyl (C=O) groups excluding carboxylic acids is 1. The topological polar surface area (TPSA) is 46.5 Å². The van der Waals surface area contributed by atoms with Crippen LogP contribution in [0.4, 0.5) is 0 Å². The zero-order valence-electron chi connectivity index (χ0n) is 14.2. The van der Waals surface area contributed by atoms with Gasteiger partial charge in [-0.1, -0.05) is 62.6 Å². The maximum absolute atomic E-state index is 10.9. The molecule has 3 nitrogen and oxygen atoms in total. The van der Waals surface area contributed by atoms with Gasteiger partial charge in [-0.2, -0.15) is 0 Å². The molecule has 0 amide bonds. The lowest BCUT2D eigenvalue weighted by molar-refractivity contribution is -0.140. The fraction of sp³-hybridized carbons (Fsp3) is 0.632. The third kappa shape index (κ3) is 15.0. The Morgan fingerprint density at radius 2 is 1.77 bits per heavy atom. The van der Waals surface area contributed by atoms with Crippen LogP contribution in [-0.4, -0.2) is 24.3 Å². The average molecular weight is 308 g/mol. The van der Waals surface area contributed by atoms with Crippen LogP contribution in [0.1, 0.15) is 64.7 Å². The molecule has 0 aromatic heterocycles. The van der Waals surface area contributed by atoms with Crippen LogP contribution in [-0.2, 0) is 9.53 Å². The van der Waals surface area contributed by atoms with Crippen LogP contribution in [0.3, 0.4) is 0 Å². The largest absolute Gasteiger partial charge is 0.469 e. The van der Waals surface area contributed by atoms with Crippen LogP contribution in [0, 0.1) is 0 Å². The van der Waals surface area contributed by atoms with E-state index in [9.17, 15) is 9.90 Å². The number of hydrogen-bond donors (Lipinski definition) is 1. The number of aliphatic hydroxyl groups excluding tert-OH is 1. The van der Waals surface area contributed by atoms with E-state index in [1.165, 1.54) is 26.4 Å². The second kappa shape index (κ2) is 16.0. The second-order valence-electron chi connectivity index (χ2n) is 5.38. The minimum Gasteiger partial charge on any atom is -0.469 e. The molecular formula is C19H32O3. The van der Waals surface area contributed by atoms with Crippen molar-refractivity contribution in [2.24, 2.45) is 0 Å².